The molecule has 0 heteroatoms. The van der Waals surface area contributed by atoms with Crippen LogP contribution in [0.25, 0.3) is 11.1 Å². The summed E-state index contributed by atoms with van der Waals surface area (Å²) in [5.74, 6) is 0. The highest BCUT2D eigenvalue weighted by Crippen LogP contribution is 2.29. The minimum Gasteiger partial charge on any atom is -0.0538 e. The SMILES string of the molecule is C1CC1.c1cc2ccc1-2. The van der Waals surface area contributed by atoms with Gasteiger partial charge in [0.1, 0.15) is 0 Å². The minimum atomic E-state index is 1.43. The first kappa shape index (κ1) is 5.04. The van der Waals surface area contributed by atoms with E-state index < -0.39 is 0 Å². The molecule has 0 heterocycles. The summed E-state index contributed by atoms with van der Waals surface area (Å²) in [7, 11) is 0. The van der Waals surface area contributed by atoms with Gasteiger partial charge >= 0.3 is 0 Å². The first-order valence-corrected chi connectivity index (χ1v) is 3.57. The molecule has 0 nitrogen and oxygen atoms in total. The predicted octanol–water partition coefficient (Wildman–Crippen LogP) is 2.84. The van der Waals surface area contributed by atoms with Gasteiger partial charge in [0.15, 0.2) is 0 Å². The van der Waals surface area contributed by atoms with Crippen LogP contribution in [0.3, 0.4) is 0 Å². The van der Waals surface area contributed by atoms with Gasteiger partial charge in [0.05, 0.1) is 0 Å². The first-order valence-electron chi connectivity index (χ1n) is 3.57. The van der Waals surface area contributed by atoms with Crippen molar-refractivity contribution in [3.8, 4) is 11.1 Å². The Labute approximate surface area is 55.5 Å². The van der Waals surface area contributed by atoms with Crippen molar-refractivity contribution < 1.29 is 0 Å². The second-order valence-electron chi connectivity index (χ2n) is 2.64. The van der Waals surface area contributed by atoms with Crippen LogP contribution in [0.5, 0.6) is 0 Å². The minimum absolute atomic E-state index is 1.43. The summed E-state index contributed by atoms with van der Waals surface area (Å²) < 4.78 is 0. The molecule has 0 aromatic rings. The second kappa shape index (κ2) is 1.87. The van der Waals surface area contributed by atoms with E-state index in [2.05, 4.69) is 24.3 Å². The van der Waals surface area contributed by atoms with Crippen LogP contribution in [0.15, 0.2) is 24.3 Å². The maximum absolute atomic E-state index is 2.12. The van der Waals surface area contributed by atoms with Crippen molar-refractivity contribution in [2.45, 2.75) is 19.3 Å². The van der Waals surface area contributed by atoms with Crippen LogP contribution in [0.1, 0.15) is 19.3 Å². The fourth-order valence-corrected chi connectivity index (χ4v) is 0.663. The van der Waals surface area contributed by atoms with Crippen molar-refractivity contribution in [1.29, 1.82) is 0 Å². The smallest absolute Gasteiger partial charge is 0.0184 e. The molecule has 0 N–H and O–H groups in total. The molecule has 1 fully saturated rings. The van der Waals surface area contributed by atoms with Gasteiger partial charge in [-0.2, -0.15) is 0 Å². The lowest BCUT2D eigenvalue weighted by atomic mass is 9.95. The molecule has 0 aromatic carbocycles. The monoisotopic (exact) mass is 118 g/mol. The Hall–Kier alpha value is -0.780. The maximum atomic E-state index is 2.12. The molecule has 1 saturated carbocycles. The topological polar surface area (TPSA) is 0 Å². The van der Waals surface area contributed by atoms with Gasteiger partial charge in [0.2, 0.25) is 0 Å². The third kappa shape index (κ3) is 0.973. The molecular formula is C9H10. The molecule has 0 unspecified atom stereocenters. The second-order valence-corrected chi connectivity index (χ2v) is 2.64. The molecule has 9 heavy (non-hydrogen) atoms. The molecule has 3 aliphatic carbocycles. The first-order chi connectivity index (χ1) is 4.47. The van der Waals surface area contributed by atoms with Crippen LogP contribution in [-0.4, -0.2) is 0 Å². The van der Waals surface area contributed by atoms with Gasteiger partial charge in [0, 0.05) is 0 Å². The third-order valence-corrected chi connectivity index (χ3v) is 1.57. The van der Waals surface area contributed by atoms with Gasteiger partial charge in [-0.25, -0.2) is 0 Å². The Balaban J connectivity index is 0.0000000944. The van der Waals surface area contributed by atoms with Gasteiger partial charge in [-0.15, -0.1) is 0 Å². The van der Waals surface area contributed by atoms with Crippen molar-refractivity contribution >= 4 is 0 Å². The largest absolute Gasteiger partial charge is 0.0538 e. The molecule has 3 aliphatic rings. The Kier molecular flexibility index (Phi) is 1.05. The molecule has 0 saturated heterocycles. The molecule has 0 aromatic heterocycles. The van der Waals surface area contributed by atoms with Gasteiger partial charge in [-0.05, 0) is 11.1 Å². The van der Waals surface area contributed by atoms with E-state index in [4.69, 9.17) is 0 Å². The Bertz CT molecular complexity index is 170. The van der Waals surface area contributed by atoms with E-state index in [0.717, 1.165) is 0 Å². The number of benzene rings is 1. The summed E-state index contributed by atoms with van der Waals surface area (Å²) in [6.07, 6.45) is 4.50. The lowest BCUT2D eigenvalue weighted by Gasteiger charge is -2.10. The van der Waals surface area contributed by atoms with E-state index in [1.807, 2.05) is 0 Å². The van der Waals surface area contributed by atoms with Crippen molar-refractivity contribution in [2.24, 2.45) is 0 Å². The lowest BCUT2D eigenvalue weighted by Crippen LogP contribution is -1.85. The van der Waals surface area contributed by atoms with Crippen LogP contribution in [0, 0.1) is 0 Å². The third-order valence-electron chi connectivity index (χ3n) is 1.57. The molecular weight excluding hydrogens is 108 g/mol. The van der Waals surface area contributed by atoms with E-state index in [9.17, 15) is 0 Å². The molecule has 46 valence electrons. The number of rotatable bonds is 0. The average molecular weight is 118 g/mol. The van der Waals surface area contributed by atoms with Crippen molar-refractivity contribution in [1.82, 2.24) is 0 Å². The molecule has 0 aliphatic heterocycles. The molecule has 0 radical (unpaired) electrons. The maximum Gasteiger partial charge on any atom is -0.0184 e. The van der Waals surface area contributed by atoms with Gasteiger partial charge < -0.3 is 0 Å². The van der Waals surface area contributed by atoms with Gasteiger partial charge in [-0.3, -0.25) is 0 Å². The van der Waals surface area contributed by atoms with Crippen LogP contribution in [-0.2, 0) is 0 Å². The van der Waals surface area contributed by atoms with Crippen LogP contribution < -0.4 is 0 Å². The Morgan fingerprint density at radius 3 is 1.00 bits per heavy atom. The van der Waals surface area contributed by atoms with Crippen molar-refractivity contribution in [2.75, 3.05) is 0 Å². The molecule has 0 spiro atoms. The highest BCUT2D eigenvalue weighted by atomic mass is 14.1. The summed E-state index contributed by atoms with van der Waals surface area (Å²) in [5.41, 5.74) is 2.85. The molecule has 0 atom stereocenters. The highest BCUT2D eigenvalue weighted by Gasteiger charge is 2.03. The summed E-state index contributed by atoms with van der Waals surface area (Å²) in [6, 6.07) is 8.48. The van der Waals surface area contributed by atoms with E-state index in [1.54, 1.807) is 0 Å². The molecule has 0 bridgehead atoms. The van der Waals surface area contributed by atoms with Crippen LogP contribution >= 0.6 is 0 Å². The average Bonchev–Trinajstić information content (AvgIpc) is 2.61. The fraction of sp³-hybridized carbons (Fsp3) is 0.333. The van der Waals surface area contributed by atoms with Crippen molar-refractivity contribution in [3.05, 3.63) is 24.3 Å². The van der Waals surface area contributed by atoms with Crippen LogP contribution in [0.2, 0.25) is 0 Å². The quantitative estimate of drug-likeness (QED) is 0.499. The number of hydrogen-bond donors (Lipinski definition) is 0. The van der Waals surface area contributed by atoms with Gasteiger partial charge in [-0.1, -0.05) is 43.5 Å². The zero-order valence-corrected chi connectivity index (χ0v) is 5.43. The van der Waals surface area contributed by atoms with E-state index >= 15 is 0 Å². The number of hydrogen-bond acceptors (Lipinski definition) is 0. The van der Waals surface area contributed by atoms with E-state index in [-0.39, 0.29) is 0 Å². The Morgan fingerprint density at radius 1 is 0.667 bits per heavy atom. The summed E-state index contributed by atoms with van der Waals surface area (Å²) in [4.78, 5) is 0. The van der Waals surface area contributed by atoms with E-state index in [1.165, 1.54) is 30.4 Å². The lowest BCUT2D eigenvalue weighted by molar-refractivity contribution is 1.50. The van der Waals surface area contributed by atoms with E-state index in [0.29, 0.717) is 0 Å². The predicted molar refractivity (Wildman–Crippen MR) is 39.3 cm³/mol. The highest BCUT2D eigenvalue weighted by molar-refractivity contribution is 5.75. The summed E-state index contributed by atoms with van der Waals surface area (Å²) >= 11 is 0. The molecule has 0 amide bonds. The zero-order valence-electron chi connectivity index (χ0n) is 5.43. The number of fused-ring (bicyclic) bond motifs is 1. The van der Waals surface area contributed by atoms with Gasteiger partial charge in [0.25, 0.3) is 0 Å². The molecule has 3 rings (SSSR count). The van der Waals surface area contributed by atoms with Crippen LogP contribution in [0.4, 0.5) is 0 Å². The zero-order chi connectivity index (χ0) is 6.10. The van der Waals surface area contributed by atoms with Crippen molar-refractivity contribution in [3.63, 3.8) is 0 Å². The Morgan fingerprint density at radius 2 is 1.00 bits per heavy atom. The fourth-order valence-electron chi connectivity index (χ4n) is 0.663. The summed E-state index contributed by atoms with van der Waals surface area (Å²) in [5, 5.41) is 0. The standard InChI is InChI=1S/C6H4.C3H6/c1-2-6-4-3-5(1)6;1-2-3-1/h1-4H;1-3H2. The normalized spacial score (nSPS) is 15.6. The summed E-state index contributed by atoms with van der Waals surface area (Å²) in [6.45, 7) is 0.